The van der Waals surface area contributed by atoms with Gasteiger partial charge in [0.1, 0.15) is 5.75 Å². The Morgan fingerprint density at radius 1 is 1.17 bits per heavy atom. The van der Waals surface area contributed by atoms with Crippen LogP contribution in [-0.4, -0.2) is 41.2 Å². The third-order valence-corrected chi connectivity index (χ3v) is 2.94. The highest BCUT2D eigenvalue weighted by Gasteiger charge is 2.13. The normalized spacial score (nSPS) is 11.7. The van der Waals surface area contributed by atoms with Gasteiger partial charge in [0.25, 0.3) is 0 Å². The van der Waals surface area contributed by atoms with Crippen LogP contribution in [0.2, 0.25) is 0 Å². The molecule has 0 heterocycles. The highest BCUT2D eigenvalue weighted by molar-refractivity contribution is 5.86. The number of carboxylic acid groups (broad SMARTS) is 1. The van der Waals surface area contributed by atoms with Gasteiger partial charge < -0.3 is 9.84 Å². The van der Waals surface area contributed by atoms with E-state index in [1.807, 2.05) is 36.4 Å². The quantitative estimate of drug-likeness (QED) is 0.856. The molecule has 0 fully saturated rings. The first-order valence-electron chi connectivity index (χ1n) is 5.42. The standard InChI is InChI=1S/C14H14O3.Mg.2H/c1-9(14(15)16)10-3-4-12-8-13(17-2)6-5-11(12)7-10;;;/h3-9H,1-2H3,(H,15,16);;;/t9-;;;/m0.../s1. The number of carbonyl (C=O) groups is 1. The molecule has 92 valence electrons. The molecule has 0 aliphatic rings. The van der Waals surface area contributed by atoms with Crippen LogP contribution in [0, 0.1) is 0 Å². The molecule has 2 aromatic carbocycles. The van der Waals surface area contributed by atoms with E-state index in [0.717, 1.165) is 22.1 Å². The molecule has 0 radical (unpaired) electrons. The van der Waals surface area contributed by atoms with E-state index in [-0.39, 0.29) is 23.1 Å². The van der Waals surface area contributed by atoms with Crippen LogP contribution in [0.15, 0.2) is 36.4 Å². The van der Waals surface area contributed by atoms with Crippen molar-refractivity contribution in [2.75, 3.05) is 7.11 Å². The van der Waals surface area contributed by atoms with Gasteiger partial charge in [0.15, 0.2) is 0 Å². The molecule has 0 bridgehead atoms. The molecule has 2 rings (SSSR count). The van der Waals surface area contributed by atoms with Gasteiger partial charge in [-0.25, -0.2) is 0 Å². The van der Waals surface area contributed by atoms with Crippen molar-refractivity contribution in [1.82, 2.24) is 0 Å². The second kappa shape index (κ2) is 6.07. The number of ether oxygens (including phenoxy) is 1. The van der Waals surface area contributed by atoms with E-state index in [0.29, 0.717) is 0 Å². The first-order chi connectivity index (χ1) is 8.11. The molecule has 1 atom stereocenters. The Balaban J connectivity index is 0.00000162. The first kappa shape index (κ1) is 14.8. The number of hydrogen-bond acceptors (Lipinski definition) is 2. The molecular weight excluding hydrogens is 240 g/mol. The molecule has 0 unspecified atom stereocenters. The molecule has 0 aliphatic heterocycles. The van der Waals surface area contributed by atoms with Gasteiger partial charge in [-0.05, 0) is 35.4 Å². The van der Waals surface area contributed by atoms with Crippen molar-refractivity contribution in [3.05, 3.63) is 42.0 Å². The van der Waals surface area contributed by atoms with Gasteiger partial charge in [0.2, 0.25) is 0 Å². The molecule has 0 saturated carbocycles. The van der Waals surface area contributed by atoms with Crippen LogP contribution in [0.4, 0.5) is 0 Å². The van der Waals surface area contributed by atoms with E-state index in [9.17, 15) is 4.79 Å². The number of benzene rings is 2. The van der Waals surface area contributed by atoms with Gasteiger partial charge in [-0.2, -0.15) is 0 Å². The maximum Gasteiger partial charge on any atom is 0.316 e. The maximum absolute atomic E-state index is 10.9. The van der Waals surface area contributed by atoms with E-state index in [4.69, 9.17) is 9.84 Å². The Labute approximate surface area is 122 Å². The number of carboxylic acids is 1. The minimum absolute atomic E-state index is 0. The second-order valence-electron chi connectivity index (χ2n) is 4.03. The van der Waals surface area contributed by atoms with Crippen LogP contribution < -0.4 is 4.74 Å². The molecule has 0 spiro atoms. The molecule has 0 amide bonds. The van der Waals surface area contributed by atoms with Crippen molar-refractivity contribution >= 4 is 39.8 Å². The number of aliphatic carboxylic acids is 1. The number of hydrogen-bond donors (Lipinski definition) is 1. The largest absolute Gasteiger partial charge is 0.497 e. The minimum atomic E-state index is -0.808. The number of methoxy groups -OCH3 is 1. The highest BCUT2D eigenvalue weighted by atomic mass is 24.3. The molecule has 18 heavy (non-hydrogen) atoms. The zero-order valence-corrected chi connectivity index (χ0v) is 9.81. The Hall–Kier alpha value is -1.26. The summed E-state index contributed by atoms with van der Waals surface area (Å²) in [4.78, 5) is 10.9. The molecular formula is C14H16MgO3. The average molecular weight is 257 g/mol. The lowest BCUT2D eigenvalue weighted by Crippen LogP contribution is -2.06. The number of fused-ring (bicyclic) bond motifs is 1. The van der Waals surface area contributed by atoms with Crippen LogP contribution in [0.1, 0.15) is 18.4 Å². The van der Waals surface area contributed by atoms with E-state index in [1.54, 1.807) is 14.0 Å². The summed E-state index contributed by atoms with van der Waals surface area (Å²) in [5, 5.41) is 11.0. The fourth-order valence-corrected chi connectivity index (χ4v) is 1.78. The predicted octanol–water partition coefficient (Wildman–Crippen LogP) is 2.12. The van der Waals surface area contributed by atoms with E-state index < -0.39 is 11.9 Å². The Morgan fingerprint density at radius 3 is 2.39 bits per heavy atom. The smallest absolute Gasteiger partial charge is 0.316 e. The maximum atomic E-state index is 10.9. The van der Waals surface area contributed by atoms with Crippen molar-refractivity contribution in [2.45, 2.75) is 12.8 Å². The lowest BCUT2D eigenvalue weighted by molar-refractivity contribution is -0.138. The van der Waals surface area contributed by atoms with E-state index in [2.05, 4.69) is 0 Å². The third kappa shape index (κ3) is 2.94. The minimum Gasteiger partial charge on any atom is -0.497 e. The zero-order chi connectivity index (χ0) is 12.4. The van der Waals surface area contributed by atoms with Gasteiger partial charge >= 0.3 is 29.0 Å². The summed E-state index contributed by atoms with van der Waals surface area (Å²) in [6.07, 6.45) is 0. The number of rotatable bonds is 3. The van der Waals surface area contributed by atoms with Crippen LogP contribution in [0.5, 0.6) is 5.75 Å². The topological polar surface area (TPSA) is 46.5 Å². The summed E-state index contributed by atoms with van der Waals surface area (Å²) in [7, 11) is 1.63. The predicted molar refractivity (Wildman–Crippen MR) is 75.1 cm³/mol. The third-order valence-electron chi connectivity index (χ3n) is 2.94. The highest BCUT2D eigenvalue weighted by Crippen LogP contribution is 2.25. The SMILES string of the molecule is COc1ccc2cc([C@H](C)C(=O)O)ccc2c1.[MgH2]. The molecule has 1 N–H and O–H groups in total. The Bertz CT molecular complexity index is 566. The van der Waals surface area contributed by atoms with Crippen molar-refractivity contribution in [3.8, 4) is 5.75 Å². The molecule has 0 aliphatic carbocycles. The van der Waals surface area contributed by atoms with Crippen LogP contribution in [0.3, 0.4) is 0 Å². The van der Waals surface area contributed by atoms with E-state index >= 15 is 0 Å². The van der Waals surface area contributed by atoms with Gasteiger partial charge in [-0.1, -0.05) is 24.3 Å². The van der Waals surface area contributed by atoms with Gasteiger partial charge in [0.05, 0.1) is 13.0 Å². The van der Waals surface area contributed by atoms with Crippen LogP contribution in [0.25, 0.3) is 10.8 Å². The fourth-order valence-electron chi connectivity index (χ4n) is 1.78. The lowest BCUT2D eigenvalue weighted by Gasteiger charge is -2.08. The Kier molecular flexibility index (Phi) is 4.99. The van der Waals surface area contributed by atoms with Gasteiger partial charge in [0, 0.05) is 0 Å². The van der Waals surface area contributed by atoms with Gasteiger partial charge in [-0.15, -0.1) is 0 Å². The summed E-state index contributed by atoms with van der Waals surface area (Å²) in [5.74, 6) is -0.490. The summed E-state index contributed by atoms with van der Waals surface area (Å²) in [5.41, 5.74) is 0.815. The second-order valence-corrected chi connectivity index (χ2v) is 4.03. The van der Waals surface area contributed by atoms with Crippen molar-refractivity contribution in [3.63, 3.8) is 0 Å². The van der Waals surface area contributed by atoms with Crippen molar-refractivity contribution in [1.29, 1.82) is 0 Å². The Morgan fingerprint density at radius 2 is 1.78 bits per heavy atom. The lowest BCUT2D eigenvalue weighted by atomic mass is 9.98. The monoisotopic (exact) mass is 256 g/mol. The molecule has 0 saturated heterocycles. The van der Waals surface area contributed by atoms with Crippen LogP contribution >= 0.6 is 0 Å². The summed E-state index contributed by atoms with van der Waals surface area (Å²) >= 11 is 0. The van der Waals surface area contributed by atoms with Crippen molar-refractivity contribution in [2.24, 2.45) is 0 Å². The van der Waals surface area contributed by atoms with Crippen LogP contribution in [-0.2, 0) is 4.79 Å². The summed E-state index contributed by atoms with van der Waals surface area (Å²) < 4.78 is 5.14. The molecule has 3 nitrogen and oxygen atoms in total. The average Bonchev–Trinajstić information content (AvgIpc) is 2.36. The first-order valence-corrected chi connectivity index (χ1v) is 5.42. The zero-order valence-electron chi connectivity index (χ0n) is 9.81. The fraction of sp³-hybridized carbons (Fsp3) is 0.214. The van der Waals surface area contributed by atoms with E-state index in [1.165, 1.54) is 0 Å². The summed E-state index contributed by atoms with van der Waals surface area (Å²) in [6, 6.07) is 11.4. The summed E-state index contributed by atoms with van der Waals surface area (Å²) in [6.45, 7) is 1.69. The molecule has 0 aromatic heterocycles. The molecule has 2 aromatic rings. The van der Waals surface area contributed by atoms with Gasteiger partial charge in [-0.3, -0.25) is 4.79 Å². The van der Waals surface area contributed by atoms with Crippen molar-refractivity contribution < 1.29 is 14.6 Å². The molecule has 4 heteroatoms.